The number of hydrogen-bond acceptors (Lipinski definition) is 4. The Morgan fingerprint density at radius 2 is 1.00 bits per heavy atom. The van der Waals surface area contributed by atoms with Crippen LogP contribution in [0.25, 0.3) is 0 Å². The summed E-state index contributed by atoms with van der Waals surface area (Å²) in [6.45, 7) is 14.2. The summed E-state index contributed by atoms with van der Waals surface area (Å²) in [5.74, 6) is 1.87. The zero-order valence-electron chi connectivity index (χ0n) is 19.4. The van der Waals surface area contributed by atoms with Crippen molar-refractivity contribution in [2.45, 2.75) is 106 Å². The fourth-order valence-electron chi connectivity index (χ4n) is 3.88. The Bertz CT molecular complexity index is 369. The van der Waals surface area contributed by atoms with E-state index in [1.807, 2.05) is 0 Å². The second-order valence-electron chi connectivity index (χ2n) is 9.04. The van der Waals surface area contributed by atoms with E-state index < -0.39 is 0 Å². The molecular formula is C24H46O4. The molecule has 0 aromatic rings. The molecular weight excluding hydrogens is 352 g/mol. The van der Waals surface area contributed by atoms with E-state index in [0.29, 0.717) is 62.6 Å². The van der Waals surface area contributed by atoms with Gasteiger partial charge in [-0.05, 0) is 49.4 Å². The Morgan fingerprint density at radius 3 is 1.32 bits per heavy atom. The van der Waals surface area contributed by atoms with Gasteiger partial charge in [-0.25, -0.2) is 0 Å². The highest BCUT2D eigenvalue weighted by Crippen LogP contribution is 2.18. The third-order valence-electron chi connectivity index (χ3n) is 5.24. The lowest BCUT2D eigenvalue weighted by Crippen LogP contribution is -2.15. The van der Waals surface area contributed by atoms with Gasteiger partial charge in [0, 0.05) is 12.8 Å². The quantitative estimate of drug-likeness (QED) is 0.206. The van der Waals surface area contributed by atoms with Gasteiger partial charge in [0.05, 0.1) is 13.2 Å². The number of unbranched alkanes of at least 4 members (excludes halogenated alkanes) is 1. The van der Waals surface area contributed by atoms with Crippen molar-refractivity contribution in [3.63, 3.8) is 0 Å². The van der Waals surface area contributed by atoms with Crippen LogP contribution in [0.3, 0.4) is 0 Å². The summed E-state index contributed by atoms with van der Waals surface area (Å²) in [6.07, 6.45) is 9.18. The maximum Gasteiger partial charge on any atom is 0.305 e. The van der Waals surface area contributed by atoms with E-state index in [0.717, 1.165) is 12.8 Å². The van der Waals surface area contributed by atoms with Crippen LogP contribution in [0.2, 0.25) is 0 Å². The van der Waals surface area contributed by atoms with Crippen molar-refractivity contribution in [1.82, 2.24) is 0 Å². The predicted octanol–water partition coefficient (Wildman–Crippen LogP) is 6.56. The van der Waals surface area contributed by atoms with E-state index in [1.54, 1.807) is 0 Å². The molecule has 4 unspecified atom stereocenters. The Hall–Kier alpha value is -1.06. The molecule has 0 aliphatic carbocycles. The van der Waals surface area contributed by atoms with E-state index in [2.05, 4.69) is 41.5 Å². The largest absolute Gasteiger partial charge is 0.465 e. The Balaban J connectivity index is 3.72. The molecule has 0 aliphatic rings. The minimum Gasteiger partial charge on any atom is -0.465 e. The molecule has 0 bridgehead atoms. The second-order valence-corrected chi connectivity index (χ2v) is 9.04. The zero-order valence-corrected chi connectivity index (χ0v) is 19.4. The molecule has 4 nitrogen and oxygen atoms in total. The smallest absolute Gasteiger partial charge is 0.305 e. The number of carbonyl (C=O) groups is 2. The summed E-state index contributed by atoms with van der Waals surface area (Å²) >= 11 is 0. The molecule has 4 atom stereocenters. The number of hydrogen-bond donors (Lipinski definition) is 0. The second kappa shape index (κ2) is 16.9. The molecule has 0 aromatic carbocycles. The van der Waals surface area contributed by atoms with Gasteiger partial charge >= 0.3 is 11.9 Å². The molecule has 0 fully saturated rings. The summed E-state index contributed by atoms with van der Waals surface area (Å²) < 4.78 is 10.7. The highest BCUT2D eigenvalue weighted by molar-refractivity contribution is 5.70. The van der Waals surface area contributed by atoms with Crippen molar-refractivity contribution in [3.05, 3.63) is 0 Å². The molecule has 0 spiro atoms. The summed E-state index contributed by atoms with van der Waals surface area (Å²) in [5, 5.41) is 0. The number of esters is 2. The lowest BCUT2D eigenvalue weighted by Gasteiger charge is -2.17. The molecule has 0 rings (SSSR count). The molecule has 4 heteroatoms. The van der Waals surface area contributed by atoms with Crippen molar-refractivity contribution in [2.24, 2.45) is 23.7 Å². The number of rotatable bonds is 17. The third kappa shape index (κ3) is 15.9. The van der Waals surface area contributed by atoms with Gasteiger partial charge < -0.3 is 9.47 Å². The van der Waals surface area contributed by atoms with Crippen molar-refractivity contribution in [3.8, 4) is 0 Å². The first-order chi connectivity index (χ1) is 13.3. The summed E-state index contributed by atoms with van der Waals surface area (Å²) in [4.78, 5) is 23.7. The van der Waals surface area contributed by atoms with Crippen molar-refractivity contribution >= 4 is 11.9 Å². The minimum absolute atomic E-state index is 0.151. The Kier molecular flexibility index (Phi) is 16.2. The van der Waals surface area contributed by atoms with Gasteiger partial charge in [-0.15, -0.1) is 0 Å². The molecule has 0 radical (unpaired) electrons. The molecule has 0 aromatic heterocycles. The van der Waals surface area contributed by atoms with Gasteiger partial charge in [-0.1, -0.05) is 67.2 Å². The van der Waals surface area contributed by atoms with Crippen LogP contribution in [0.5, 0.6) is 0 Å². The first-order valence-electron chi connectivity index (χ1n) is 11.6. The van der Waals surface area contributed by atoms with Crippen LogP contribution < -0.4 is 0 Å². The van der Waals surface area contributed by atoms with Crippen LogP contribution in [-0.2, 0) is 19.1 Å². The molecule has 0 amide bonds. The van der Waals surface area contributed by atoms with Gasteiger partial charge in [0.1, 0.15) is 0 Å². The Labute approximate surface area is 174 Å². The van der Waals surface area contributed by atoms with E-state index >= 15 is 0 Å². The average Bonchev–Trinajstić information content (AvgIpc) is 2.62. The third-order valence-corrected chi connectivity index (χ3v) is 5.24. The minimum atomic E-state index is -0.151. The van der Waals surface area contributed by atoms with E-state index in [4.69, 9.17) is 9.47 Å². The SMILES string of the molecule is CCCC(C)CC(C)COC(=O)CCCCC(=O)OCC(C)CC(C)CCC. The van der Waals surface area contributed by atoms with Crippen molar-refractivity contribution in [1.29, 1.82) is 0 Å². The van der Waals surface area contributed by atoms with Gasteiger partial charge in [-0.2, -0.15) is 0 Å². The Morgan fingerprint density at radius 1 is 0.643 bits per heavy atom. The van der Waals surface area contributed by atoms with Crippen LogP contribution in [0.4, 0.5) is 0 Å². The maximum absolute atomic E-state index is 11.8. The lowest BCUT2D eigenvalue weighted by atomic mass is 9.94. The van der Waals surface area contributed by atoms with Gasteiger partial charge in [0.2, 0.25) is 0 Å². The van der Waals surface area contributed by atoms with Crippen LogP contribution in [0.15, 0.2) is 0 Å². The van der Waals surface area contributed by atoms with Gasteiger partial charge in [-0.3, -0.25) is 9.59 Å². The van der Waals surface area contributed by atoms with E-state index in [9.17, 15) is 9.59 Å². The molecule has 0 N–H and O–H groups in total. The van der Waals surface area contributed by atoms with Crippen LogP contribution in [-0.4, -0.2) is 25.2 Å². The highest BCUT2D eigenvalue weighted by atomic mass is 16.5. The first-order valence-corrected chi connectivity index (χ1v) is 11.6. The predicted molar refractivity (Wildman–Crippen MR) is 116 cm³/mol. The normalized spacial score (nSPS) is 15.5. The average molecular weight is 399 g/mol. The van der Waals surface area contributed by atoms with E-state index in [1.165, 1.54) is 25.7 Å². The standard InChI is InChI=1S/C24H46O4/c1-7-11-19(3)15-21(5)17-27-23(25)13-9-10-14-24(26)28-18-22(6)16-20(4)12-8-2/h19-22H,7-18H2,1-6H3. The monoisotopic (exact) mass is 398 g/mol. The maximum atomic E-state index is 11.8. The van der Waals surface area contributed by atoms with Gasteiger partial charge in [0.25, 0.3) is 0 Å². The summed E-state index contributed by atoms with van der Waals surface area (Å²) in [5.41, 5.74) is 0. The number of ether oxygens (including phenoxy) is 2. The van der Waals surface area contributed by atoms with Crippen LogP contribution >= 0.6 is 0 Å². The molecule has 0 aliphatic heterocycles. The topological polar surface area (TPSA) is 52.6 Å². The van der Waals surface area contributed by atoms with Crippen molar-refractivity contribution < 1.29 is 19.1 Å². The summed E-state index contributed by atoms with van der Waals surface area (Å²) in [6, 6.07) is 0. The lowest BCUT2D eigenvalue weighted by molar-refractivity contribution is -0.147. The molecule has 0 heterocycles. The fraction of sp³-hybridized carbons (Fsp3) is 0.917. The number of carbonyl (C=O) groups excluding carboxylic acids is 2. The van der Waals surface area contributed by atoms with Crippen LogP contribution in [0, 0.1) is 23.7 Å². The molecule has 28 heavy (non-hydrogen) atoms. The summed E-state index contributed by atoms with van der Waals surface area (Å²) in [7, 11) is 0. The van der Waals surface area contributed by atoms with E-state index in [-0.39, 0.29) is 11.9 Å². The molecule has 0 saturated carbocycles. The zero-order chi connectivity index (χ0) is 21.4. The van der Waals surface area contributed by atoms with Crippen molar-refractivity contribution in [2.75, 3.05) is 13.2 Å². The van der Waals surface area contributed by atoms with Gasteiger partial charge in [0.15, 0.2) is 0 Å². The molecule has 0 saturated heterocycles. The first kappa shape index (κ1) is 26.9. The highest BCUT2D eigenvalue weighted by Gasteiger charge is 2.13. The fourth-order valence-corrected chi connectivity index (χ4v) is 3.88. The molecule has 166 valence electrons. The van der Waals surface area contributed by atoms with Crippen LogP contribution in [0.1, 0.15) is 106 Å².